The highest BCUT2D eigenvalue weighted by Gasteiger charge is 2.02. The van der Waals surface area contributed by atoms with Gasteiger partial charge in [-0.2, -0.15) is 0 Å². The summed E-state index contributed by atoms with van der Waals surface area (Å²) in [6.07, 6.45) is 1.83. The first kappa shape index (κ1) is 11.4. The molecule has 2 aromatic rings. The fourth-order valence-electron chi connectivity index (χ4n) is 1.41. The highest BCUT2D eigenvalue weighted by Crippen LogP contribution is 2.25. The molecule has 0 unspecified atom stereocenters. The fraction of sp³-hybridized carbons (Fsp3) is 0.273. The molecule has 0 aliphatic heterocycles. The third kappa shape index (κ3) is 2.96. The largest absolute Gasteiger partial charge is 0.375 e. The Morgan fingerprint density at radius 2 is 2.19 bits per heavy atom. The van der Waals surface area contributed by atoms with Crippen molar-refractivity contribution in [2.24, 2.45) is 0 Å². The quantitative estimate of drug-likeness (QED) is 0.852. The van der Waals surface area contributed by atoms with Crippen LogP contribution in [0.25, 0.3) is 0 Å². The van der Waals surface area contributed by atoms with Gasteiger partial charge in [-0.1, -0.05) is 0 Å². The van der Waals surface area contributed by atoms with Crippen LogP contribution in [-0.2, 0) is 5.75 Å². The maximum Gasteiger partial charge on any atom is 0.180 e. The molecule has 84 valence electrons. The molecule has 2 heterocycles. The van der Waals surface area contributed by atoms with E-state index in [4.69, 9.17) is 5.73 Å². The van der Waals surface area contributed by atoms with Gasteiger partial charge in [0.25, 0.3) is 0 Å². The molecule has 0 saturated carbocycles. The molecule has 0 atom stereocenters. The number of thioether (sulfide) groups is 1. The van der Waals surface area contributed by atoms with Crippen LogP contribution in [0.4, 0.5) is 5.13 Å². The molecule has 0 aliphatic carbocycles. The molecular weight excluding hydrogens is 238 g/mol. The van der Waals surface area contributed by atoms with Crippen LogP contribution in [0, 0.1) is 13.8 Å². The third-order valence-electron chi connectivity index (χ3n) is 2.01. The number of aromatic nitrogens is 2. The topological polar surface area (TPSA) is 51.8 Å². The molecule has 2 N–H and O–H groups in total. The van der Waals surface area contributed by atoms with Crippen molar-refractivity contribution < 1.29 is 0 Å². The molecule has 0 bridgehead atoms. The van der Waals surface area contributed by atoms with Crippen molar-refractivity contribution in [1.29, 1.82) is 0 Å². The van der Waals surface area contributed by atoms with Crippen molar-refractivity contribution in [1.82, 2.24) is 9.97 Å². The normalized spacial score (nSPS) is 10.6. The molecule has 3 nitrogen and oxygen atoms in total. The lowest BCUT2D eigenvalue weighted by atomic mass is 10.3. The van der Waals surface area contributed by atoms with E-state index in [-0.39, 0.29) is 0 Å². The van der Waals surface area contributed by atoms with Gasteiger partial charge in [0, 0.05) is 22.5 Å². The number of aryl methyl sites for hydroxylation is 2. The van der Waals surface area contributed by atoms with E-state index >= 15 is 0 Å². The summed E-state index contributed by atoms with van der Waals surface area (Å²) in [4.78, 5) is 9.68. The summed E-state index contributed by atoms with van der Waals surface area (Å²) in [5.41, 5.74) is 7.89. The van der Waals surface area contributed by atoms with Gasteiger partial charge in [-0.15, -0.1) is 23.1 Å². The van der Waals surface area contributed by atoms with Crippen LogP contribution in [-0.4, -0.2) is 9.97 Å². The zero-order valence-electron chi connectivity index (χ0n) is 9.23. The van der Waals surface area contributed by atoms with Gasteiger partial charge in [0.1, 0.15) is 0 Å². The van der Waals surface area contributed by atoms with Crippen molar-refractivity contribution >= 4 is 28.2 Å². The SMILES string of the molecule is Cc1cc(C)nc(SCc2cnc(N)s2)c1. The summed E-state index contributed by atoms with van der Waals surface area (Å²) in [5, 5.41) is 1.69. The van der Waals surface area contributed by atoms with Crippen molar-refractivity contribution in [3.05, 3.63) is 34.5 Å². The van der Waals surface area contributed by atoms with E-state index in [1.807, 2.05) is 13.1 Å². The van der Waals surface area contributed by atoms with Crippen LogP contribution in [0.5, 0.6) is 0 Å². The Bertz CT molecular complexity index is 473. The van der Waals surface area contributed by atoms with Crippen molar-refractivity contribution in [3.63, 3.8) is 0 Å². The predicted molar refractivity (Wildman–Crippen MR) is 69.8 cm³/mol. The average Bonchev–Trinajstić information content (AvgIpc) is 2.60. The molecule has 0 amide bonds. The summed E-state index contributed by atoms with van der Waals surface area (Å²) in [6.45, 7) is 4.10. The van der Waals surface area contributed by atoms with Crippen molar-refractivity contribution in [3.8, 4) is 0 Å². The van der Waals surface area contributed by atoms with Crippen LogP contribution >= 0.6 is 23.1 Å². The Hall–Kier alpha value is -1.07. The first-order chi connectivity index (χ1) is 7.63. The van der Waals surface area contributed by atoms with Crippen LogP contribution in [0.3, 0.4) is 0 Å². The second-order valence-corrected chi connectivity index (χ2v) is 5.72. The van der Waals surface area contributed by atoms with Crippen molar-refractivity contribution in [2.45, 2.75) is 24.6 Å². The van der Waals surface area contributed by atoms with Gasteiger partial charge in [-0.25, -0.2) is 9.97 Å². The van der Waals surface area contributed by atoms with Crippen LogP contribution < -0.4 is 5.73 Å². The molecular formula is C11H13N3S2. The summed E-state index contributed by atoms with van der Waals surface area (Å²) in [6, 6.07) is 4.18. The first-order valence-electron chi connectivity index (χ1n) is 4.92. The number of nitrogens with zero attached hydrogens (tertiary/aromatic N) is 2. The monoisotopic (exact) mass is 251 g/mol. The van der Waals surface area contributed by atoms with Crippen molar-refractivity contribution in [2.75, 3.05) is 5.73 Å². The summed E-state index contributed by atoms with van der Waals surface area (Å²) < 4.78 is 0. The van der Waals surface area contributed by atoms with Crippen LogP contribution in [0.2, 0.25) is 0 Å². The molecule has 0 spiro atoms. The second-order valence-electron chi connectivity index (χ2n) is 3.58. The molecule has 5 heteroatoms. The number of pyridine rings is 1. The number of rotatable bonds is 3. The molecule has 0 aliphatic rings. The highest BCUT2D eigenvalue weighted by atomic mass is 32.2. The molecule has 0 fully saturated rings. The van der Waals surface area contributed by atoms with E-state index < -0.39 is 0 Å². The lowest BCUT2D eigenvalue weighted by molar-refractivity contribution is 1.05. The minimum atomic E-state index is 0.629. The average molecular weight is 251 g/mol. The summed E-state index contributed by atoms with van der Waals surface area (Å²) >= 11 is 3.25. The Morgan fingerprint density at radius 3 is 2.81 bits per heavy atom. The number of hydrogen-bond acceptors (Lipinski definition) is 5. The van der Waals surface area contributed by atoms with E-state index in [0.717, 1.165) is 16.5 Å². The number of anilines is 1. The van der Waals surface area contributed by atoms with Crippen LogP contribution in [0.1, 0.15) is 16.1 Å². The molecule has 0 aromatic carbocycles. The van der Waals surface area contributed by atoms with Gasteiger partial charge in [0.2, 0.25) is 0 Å². The maximum atomic E-state index is 5.58. The molecule has 0 radical (unpaired) electrons. The number of thiazole rings is 1. The second kappa shape index (κ2) is 4.84. The third-order valence-corrected chi connectivity index (χ3v) is 3.98. The Balaban J connectivity index is 2.04. The van der Waals surface area contributed by atoms with Gasteiger partial charge in [-0.05, 0) is 31.5 Å². The maximum absolute atomic E-state index is 5.58. The highest BCUT2D eigenvalue weighted by molar-refractivity contribution is 7.98. The number of nitrogens with two attached hydrogens (primary N) is 1. The molecule has 16 heavy (non-hydrogen) atoms. The van der Waals surface area contributed by atoms with Gasteiger partial charge in [0.05, 0.1) is 5.03 Å². The first-order valence-corrected chi connectivity index (χ1v) is 6.72. The van der Waals surface area contributed by atoms with E-state index in [1.54, 1.807) is 11.8 Å². The van der Waals surface area contributed by atoms with E-state index in [2.05, 4.69) is 29.0 Å². The molecule has 0 saturated heterocycles. The van der Waals surface area contributed by atoms with Gasteiger partial charge < -0.3 is 5.73 Å². The van der Waals surface area contributed by atoms with E-state index in [1.165, 1.54) is 21.8 Å². The van der Waals surface area contributed by atoms with Gasteiger partial charge in [0.15, 0.2) is 5.13 Å². The lowest BCUT2D eigenvalue weighted by Gasteiger charge is -2.02. The minimum absolute atomic E-state index is 0.629. The summed E-state index contributed by atoms with van der Waals surface area (Å²) in [5.74, 6) is 0.880. The van der Waals surface area contributed by atoms with Gasteiger partial charge >= 0.3 is 0 Å². The molecule has 2 aromatic heterocycles. The Morgan fingerprint density at radius 1 is 1.38 bits per heavy atom. The lowest BCUT2D eigenvalue weighted by Crippen LogP contribution is -1.87. The minimum Gasteiger partial charge on any atom is -0.375 e. The zero-order valence-corrected chi connectivity index (χ0v) is 10.9. The van der Waals surface area contributed by atoms with E-state index in [9.17, 15) is 0 Å². The standard InChI is InChI=1S/C11H13N3S2/c1-7-3-8(2)14-10(4-7)15-6-9-5-13-11(12)16-9/h3-5H,6H2,1-2H3,(H2,12,13). The Kier molecular flexibility index (Phi) is 3.46. The number of nitrogen functional groups attached to an aromatic ring is 1. The van der Waals surface area contributed by atoms with Gasteiger partial charge in [-0.3, -0.25) is 0 Å². The molecule has 2 rings (SSSR count). The number of hydrogen-bond donors (Lipinski definition) is 1. The fourth-order valence-corrected chi connectivity index (χ4v) is 3.15. The predicted octanol–water partition coefficient (Wildman–Crippen LogP) is 3.03. The smallest absolute Gasteiger partial charge is 0.180 e. The zero-order chi connectivity index (χ0) is 11.5. The van der Waals surface area contributed by atoms with Crippen LogP contribution in [0.15, 0.2) is 23.4 Å². The Labute approximate surface area is 103 Å². The van der Waals surface area contributed by atoms with E-state index in [0.29, 0.717) is 5.13 Å². The summed E-state index contributed by atoms with van der Waals surface area (Å²) in [7, 11) is 0.